The summed E-state index contributed by atoms with van der Waals surface area (Å²) in [4.78, 5) is 3.87. The third-order valence-electron chi connectivity index (χ3n) is 0.988. The Balaban J connectivity index is 2.85. The topological polar surface area (TPSA) is 62.7 Å². The quantitative estimate of drug-likeness (QED) is 0.637. The van der Waals surface area contributed by atoms with Crippen molar-refractivity contribution in [2.75, 3.05) is 0 Å². The lowest BCUT2D eigenvalue weighted by molar-refractivity contribution is 0.789. The zero-order chi connectivity index (χ0) is 6.85. The van der Waals surface area contributed by atoms with Gasteiger partial charge in [0.25, 0.3) is 0 Å². The van der Waals surface area contributed by atoms with E-state index < -0.39 is 0 Å². The molecule has 1 aromatic heterocycles. The van der Waals surface area contributed by atoms with Crippen molar-refractivity contribution >= 4 is 16.5 Å². The molecule has 0 fully saturated rings. The van der Waals surface area contributed by atoms with Gasteiger partial charge in [-0.15, -0.1) is 11.3 Å². The van der Waals surface area contributed by atoms with Crippen LogP contribution in [0, 0.1) is 0 Å². The van der Waals surface area contributed by atoms with Crippen LogP contribution in [-0.2, 0) is 0 Å². The maximum Gasteiger partial charge on any atom is 0.201 e. The van der Waals surface area contributed by atoms with Crippen molar-refractivity contribution in [2.24, 2.45) is 5.73 Å². The highest BCUT2D eigenvalue weighted by molar-refractivity contribution is 7.13. The van der Waals surface area contributed by atoms with Gasteiger partial charge in [0.05, 0.1) is 5.69 Å². The lowest BCUT2D eigenvalue weighted by Crippen LogP contribution is -2.04. The van der Waals surface area contributed by atoms with Crippen molar-refractivity contribution in [2.45, 2.75) is 13.0 Å². The Morgan fingerprint density at radius 1 is 1.89 bits per heavy atom. The molecule has 1 radical (unpaired) electrons. The zero-order valence-corrected chi connectivity index (χ0v) is 5.90. The van der Waals surface area contributed by atoms with E-state index in [4.69, 9.17) is 11.5 Å². The minimum Gasteiger partial charge on any atom is -0.323 e. The average Bonchev–Trinajstić information content (AvgIpc) is 2.14. The SMILES string of the molecule is CC(N)c1csc([NH])n1. The molecule has 0 aliphatic rings. The standard InChI is InChI=1S/C5H8N3S/c1-3(6)4-2-9-5(7)8-4/h2-3,7H,6H2,1H3. The maximum absolute atomic E-state index is 7.06. The molecule has 0 aromatic carbocycles. The monoisotopic (exact) mass is 142 g/mol. The normalized spacial score (nSPS) is 13.6. The summed E-state index contributed by atoms with van der Waals surface area (Å²) < 4.78 is 0. The minimum atomic E-state index is -0.0413. The molecule has 0 spiro atoms. The summed E-state index contributed by atoms with van der Waals surface area (Å²) >= 11 is 1.31. The number of hydrogen-bond donors (Lipinski definition) is 1. The highest BCUT2D eigenvalue weighted by Crippen LogP contribution is 2.16. The fourth-order valence-corrected chi connectivity index (χ4v) is 1.15. The Morgan fingerprint density at radius 3 is 2.78 bits per heavy atom. The molecule has 49 valence electrons. The van der Waals surface area contributed by atoms with E-state index in [-0.39, 0.29) is 6.04 Å². The van der Waals surface area contributed by atoms with Gasteiger partial charge in [-0.25, -0.2) is 4.98 Å². The van der Waals surface area contributed by atoms with E-state index in [0.29, 0.717) is 5.13 Å². The summed E-state index contributed by atoms with van der Waals surface area (Å²) in [5.41, 5.74) is 13.4. The predicted octanol–water partition coefficient (Wildman–Crippen LogP) is 1.08. The third kappa shape index (κ3) is 1.40. The van der Waals surface area contributed by atoms with E-state index in [1.165, 1.54) is 11.3 Å². The van der Waals surface area contributed by atoms with E-state index in [2.05, 4.69) is 4.98 Å². The molecule has 3 N–H and O–H groups in total. The van der Waals surface area contributed by atoms with Crippen LogP contribution < -0.4 is 11.5 Å². The largest absolute Gasteiger partial charge is 0.323 e. The lowest BCUT2D eigenvalue weighted by atomic mass is 10.3. The van der Waals surface area contributed by atoms with E-state index >= 15 is 0 Å². The van der Waals surface area contributed by atoms with Gasteiger partial charge in [0.15, 0.2) is 0 Å². The Bertz CT molecular complexity index is 194. The molecule has 1 aromatic rings. The van der Waals surface area contributed by atoms with E-state index in [1.54, 1.807) is 0 Å². The second kappa shape index (κ2) is 2.33. The molecule has 0 amide bonds. The second-order valence-electron chi connectivity index (χ2n) is 1.87. The van der Waals surface area contributed by atoms with E-state index in [9.17, 15) is 0 Å². The lowest BCUT2D eigenvalue weighted by Gasteiger charge is -1.95. The smallest absolute Gasteiger partial charge is 0.201 e. The summed E-state index contributed by atoms with van der Waals surface area (Å²) in [6.07, 6.45) is 0. The fraction of sp³-hybridized carbons (Fsp3) is 0.400. The molecule has 1 heterocycles. The van der Waals surface area contributed by atoms with Crippen LogP contribution in [0.15, 0.2) is 5.38 Å². The molecule has 0 aliphatic heterocycles. The van der Waals surface area contributed by atoms with Gasteiger partial charge in [0.2, 0.25) is 5.13 Å². The molecule has 0 aliphatic carbocycles. The van der Waals surface area contributed by atoms with Crippen LogP contribution in [-0.4, -0.2) is 4.98 Å². The third-order valence-corrected chi connectivity index (χ3v) is 1.66. The van der Waals surface area contributed by atoms with Gasteiger partial charge >= 0.3 is 0 Å². The van der Waals surface area contributed by atoms with Crippen molar-refractivity contribution in [3.63, 3.8) is 0 Å². The highest BCUT2D eigenvalue weighted by atomic mass is 32.1. The van der Waals surface area contributed by atoms with Gasteiger partial charge in [-0.1, -0.05) is 0 Å². The van der Waals surface area contributed by atoms with Crippen LogP contribution in [0.1, 0.15) is 18.7 Å². The molecular formula is C5H8N3S. The Morgan fingerprint density at radius 2 is 2.56 bits per heavy atom. The predicted molar refractivity (Wildman–Crippen MR) is 37.5 cm³/mol. The van der Waals surface area contributed by atoms with Crippen molar-refractivity contribution < 1.29 is 0 Å². The summed E-state index contributed by atoms with van der Waals surface area (Å²) in [7, 11) is 0. The molecule has 9 heavy (non-hydrogen) atoms. The molecule has 1 unspecified atom stereocenters. The van der Waals surface area contributed by atoms with Gasteiger partial charge in [-0.2, -0.15) is 0 Å². The number of nitrogens with zero attached hydrogens (tertiary/aromatic N) is 1. The Hall–Kier alpha value is -0.610. The maximum atomic E-state index is 7.06. The summed E-state index contributed by atoms with van der Waals surface area (Å²) in [5, 5.41) is 2.15. The summed E-state index contributed by atoms with van der Waals surface area (Å²) in [5.74, 6) is 0. The van der Waals surface area contributed by atoms with Crippen molar-refractivity contribution in [1.82, 2.24) is 10.7 Å². The fourth-order valence-electron chi connectivity index (χ4n) is 0.495. The van der Waals surface area contributed by atoms with Crippen LogP contribution >= 0.6 is 11.3 Å². The number of rotatable bonds is 1. The molecule has 4 heteroatoms. The van der Waals surface area contributed by atoms with Gasteiger partial charge in [-0.05, 0) is 6.92 Å². The van der Waals surface area contributed by atoms with Crippen LogP contribution in [0.2, 0.25) is 0 Å². The molecule has 1 rings (SSSR count). The Labute approximate surface area is 57.7 Å². The van der Waals surface area contributed by atoms with E-state index in [1.807, 2.05) is 12.3 Å². The van der Waals surface area contributed by atoms with Gasteiger partial charge in [0, 0.05) is 11.4 Å². The van der Waals surface area contributed by atoms with Crippen molar-refractivity contribution in [3.05, 3.63) is 11.1 Å². The van der Waals surface area contributed by atoms with Crippen LogP contribution in [0.4, 0.5) is 5.13 Å². The molecule has 0 bridgehead atoms. The summed E-state index contributed by atoms with van der Waals surface area (Å²) in [6.45, 7) is 1.86. The van der Waals surface area contributed by atoms with Crippen LogP contribution in [0.5, 0.6) is 0 Å². The first-order valence-corrected chi connectivity index (χ1v) is 3.50. The minimum absolute atomic E-state index is 0.0413. The first kappa shape index (κ1) is 6.51. The average molecular weight is 142 g/mol. The molecule has 0 saturated carbocycles. The zero-order valence-electron chi connectivity index (χ0n) is 5.09. The number of aromatic nitrogens is 1. The number of nitrogens with one attached hydrogen (secondary N) is 1. The number of thiazole rings is 1. The van der Waals surface area contributed by atoms with Crippen LogP contribution in [0.25, 0.3) is 0 Å². The van der Waals surface area contributed by atoms with Crippen molar-refractivity contribution in [1.29, 1.82) is 0 Å². The van der Waals surface area contributed by atoms with Crippen molar-refractivity contribution in [3.8, 4) is 0 Å². The Kier molecular flexibility index (Phi) is 1.68. The highest BCUT2D eigenvalue weighted by Gasteiger charge is 2.02. The molecule has 3 nitrogen and oxygen atoms in total. The molecule has 0 saturated heterocycles. The van der Waals surface area contributed by atoms with Gasteiger partial charge in [0.1, 0.15) is 0 Å². The second-order valence-corrected chi connectivity index (χ2v) is 2.72. The van der Waals surface area contributed by atoms with Crippen LogP contribution in [0.3, 0.4) is 0 Å². The van der Waals surface area contributed by atoms with Gasteiger partial charge < -0.3 is 5.73 Å². The first-order chi connectivity index (χ1) is 4.20. The summed E-state index contributed by atoms with van der Waals surface area (Å²) in [6, 6.07) is -0.0413. The number of nitrogens with two attached hydrogens (primary N) is 1. The molecule has 1 atom stereocenters. The first-order valence-electron chi connectivity index (χ1n) is 2.63. The molecular weight excluding hydrogens is 134 g/mol. The van der Waals surface area contributed by atoms with Gasteiger partial charge in [-0.3, -0.25) is 5.73 Å². The van der Waals surface area contributed by atoms with E-state index in [0.717, 1.165) is 5.69 Å². The number of hydrogen-bond acceptors (Lipinski definition) is 3.